The average molecular weight is 166 g/mol. The molecule has 1 radical (unpaired) electrons. The molecule has 1 nitrogen and oxygen atoms in total. The second-order valence-electron chi connectivity index (χ2n) is 0. The van der Waals surface area contributed by atoms with E-state index in [1.54, 1.807) is 0 Å². The van der Waals surface area contributed by atoms with Crippen LogP contribution in [0.2, 0.25) is 0 Å². The molecular weight excluding hydrogens is 164 g/mol. The first-order chi connectivity index (χ1) is 1.00. The summed E-state index contributed by atoms with van der Waals surface area (Å²) in [6.07, 6.45) is 0. The predicted octanol–water partition coefficient (Wildman–Crippen LogP) is -1.42. The molecule has 0 bridgehead atoms. The molecular formula is H2AlLiMnNiO. The van der Waals surface area contributed by atoms with Gasteiger partial charge >= 0.3 is 38.9 Å². The minimum absolute atomic E-state index is 0. The second kappa shape index (κ2) is 38.5. The standard InChI is InChI=1S/Al.Li.Mn.Ni.O.2H. The summed E-state index contributed by atoms with van der Waals surface area (Å²) in [7, 11) is 0. The predicted molar refractivity (Wildman–Crippen MR) is 15.0 cm³/mol. The van der Waals surface area contributed by atoms with Crippen LogP contribution in [0.15, 0.2) is 0 Å². The van der Waals surface area contributed by atoms with E-state index in [0.717, 1.165) is 0 Å². The monoisotopic (exact) mass is 165 g/mol. The van der Waals surface area contributed by atoms with Crippen LogP contribution in [0.1, 0.15) is 0 Å². The van der Waals surface area contributed by atoms with Crippen molar-refractivity contribution in [2.24, 2.45) is 0 Å². The molecule has 0 heterocycles. The fourth-order valence-corrected chi connectivity index (χ4v) is 0. The summed E-state index contributed by atoms with van der Waals surface area (Å²) in [5.41, 5.74) is 0. The molecule has 0 aromatic carbocycles. The molecule has 0 spiro atoms. The van der Waals surface area contributed by atoms with Crippen molar-refractivity contribution in [1.82, 2.24) is 0 Å². The van der Waals surface area contributed by atoms with Crippen molar-refractivity contribution >= 4 is 35.1 Å². The zero-order valence-electron chi connectivity index (χ0n) is 1.81. The second-order valence-corrected chi connectivity index (χ2v) is 0. The average Bonchev–Trinajstić information content (AvgIpc) is 1.00. The van der Waals surface area contributed by atoms with Gasteiger partial charge in [-0.2, -0.15) is 0 Å². The molecule has 0 rings (SSSR count). The van der Waals surface area contributed by atoms with Crippen molar-refractivity contribution in [3.05, 3.63) is 0 Å². The third kappa shape index (κ3) is 24.5. The van der Waals surface area contributed by atoms with Gasteiger partial charge < -0.3 is 0 Å². The van der Waals surface area contributed by atoms with Crippen LogP contribution in [0, 0.1) is 0 Å². The topological polar surface area (TPSA) is 17.1 Å². The molecule has 0 aromatic heterocycles. The van der Waals surface area contributed by atoms with E-state index < -0.39 is 0 Å². The molecule has 0 saturated carbocycles. The molecule has 29 valence electrons. The van der Waals surface area contributed by atoms with Crippen LogP contribution < -0.4 is 0 Å². The summed E-state index contributed by atoms with van der Waals surface area (Å²) in [6.45, 7) is 0. The van der Waals surface area contributed by atoms with Gasteiger partial charge in [0.05, 0.1) is 0 Å². The molecule has 0 aliphatic carbocycles. The fraction of sp³-hybridized carbons (Fsp3) is 0. The normalized spacial score (nSPS) is 0.600. The van der Waals surface area contributed by atoms with E-state index in [4.69, 9.17) is 3.80 Å². The van der Waals surface area contributed by atoms with Gasteiger partial charge in [-0.3, -0.25) is 0 Å². The van der Waals surface area contributed by atoms with Crippen LogP contribution in [0.3, 0.4) is 0 Å². The quantitative estimate of drug-likeness (QED) is 0.403. The van der Waals surface area contributed by atoms with Crippen molar-refractivity contribution in [2.45, 2.75) is 0 Å². The molecule has 0 unspecified atom stereocenters. The first-order valence-electron chi connectivity index (χ1n) is 0.289. The van der Waals surface area contributed by atoms with E-state index in [-0.39, 0.29) is 52.4 Å². The molecule has 0 aromatic rings. The van der Waals surface area contributed by atoms with Crippen LogP contribution in [-0.4, -0.2) is 35.1 Å². The first kappa shape index (κ1) is 28.3. The molecule has 5 heavy (non-hydrogen) atoms. The number of hydrogen-bond donors (Lipinski definition) is 0. The van der Waals surface area contributed by atoms with Crippen LogP contribution in [0.5, 0.6) is 0 Å². The summed E-state index contributed by atoms with van der Waals surface area (Å²) in [4.78, 5) is 0. The minimum atomic E-state index is 0. The molecule has 0 amide bonds. The molecule has 5 heteroatoms. The number of hydrogen-bond acceptors (Lipinski definition) is 1. The summed E-state index contributed by atoms with van der Waals surface area (Å²) in [5, 5.41) is 0. The van der Waals surface area contributed by atoms with Gasteiger partial charge in [-0.15, -0.1) is 0 Å². The summed E-state index contributed by atoms with van der Waals surface area (Å²) in [6, 6.07) is 0. The van der Waals surface area contributed by atoms with Gasteiger partial charge in [0.2, 0.25) is 0 Å². The van der Waals surface area contributed by atoms with Gasteiger partial charge in [-0.1, -0.05) is 0 Å². The van der Waals surface area contributed by atoms with E-state index in [9.17, 15) is 0 Å². The van der Waals surface area contributed by atoms with Crippen LogP contribution in [0.4, 0.5) is 0 Å². The molecule has 0 fully saturated rings. The van der Waals surface area contributed by atoms with Gasteiger partial charge in [0, 0.05) is 33.6 Å². The molecule has 0 atom stereocenters. The Kier molecular flexibility index (Phi) is 218. The Morgan fingerprint density at radius 3 is 1.20 bits per heavy atom. The summed E-state index contributed by atoms with van der Waals surface area (Å²) >= 11 is 0.611. The first-order valence-corrected chi connectivity index (χ1v) is 0.866. The van der Waals surface area contributed by atoms with Crippen LogP contribution in [0.25, 0.3) is 0 Å². The van der Waals surface area contributed by atoms with Crippen LogP contribution >= 0.6 is 0 Å². The Morgan fingerprint density at radius 2 is 1.20 bits per heavy atom. The van der Waals surface area contributed by atoms with Crippen molar-refractivity contribution in [3.8, 4) is 0 Å². The molecule has 0 aliphatic rings. The summed E-state index contributed by atoms with van der Waals surface area (Å²) in [5.74, 6) is 0. The Morgan fingerprint density at radius 1 is 1.20 bits per heavy atom. The Hall–Kier alpha value is 1.94. The van der Waals surface area contributed by atoms with Crippen molar-refractivity contribution < 1.29 is 37.4 Å². The molecule has 0 aliphatic heterocycles. The maximum atomic E-state index is 8.28. The maximum absolute atomic E-state index is 8.28. The van der Waals surface area contributed by atoms with Gasteiger partial charge in [0.15, 0.2) is 0 Å². The van der Waals surface area contributed by atoms with Crippen molar-refractivity contribution in [1.29, 1.82) is 0 Å². The Bertz CT molecular complexity index is 11.6. The van der Waals surface area contributed by atoms with E-state index in [2.05, 4.69) is 0 Å². The zero-order valence-corrected chi connectivity index (χ0v) is 5.39. The summed E-state index contributed by atoms with van der Waals surface area (Å²) < 4.78 is 8.28. The van der Waals surface area contributed by atoms with Gasteiger partial charge in [-0.25, -0.2) is 0 Å². The van der Waals surface area contributed by atoms with E-state index in [0.29, 0.717) is 16.2 Å². The van der Waals surface area contributed by atoms with E-state index in [1.165, 1.54) is 0 Å². The third-order valence-corrected chi connectivity index (χ3v) is 0. The Balaban J connectivity index is -0.00000000167. The van der Waals surface area contributed by atoms with Gasteiger partial charge in [0.1, 0.15) is 0 Å². The van der Waals surface area contributed by atoms with Crippen molar-refractivity contribution in [2.75, 3.05) is 0 Å². The van der Waals surface area contributed by atoms with E-state index in [1.807, 2.05) is 0 Å². The van der Waals surface area contributed by atoms with Gasteiger partial charge in [0.25, 0.3) is 0 Å². The van der Waals surface area contributed by atoms with Crippen LogP contribution in [-0.2, 0) is 37.4 Å². The zero-order chi connectivity index (χ0) is 2.00. The number of rotatable bonds is 0. The molecule has 0 saturated heterocycles. The fourth-order valence-electron chi connectivity index (χ4n) is 0. The molecule has 0 N–H and O–H groups in total. The SMILES string of the molecule is [LiH].[Mn].[Ni].[O]=[AlH]. The third-order valence-electron chi connectivity index (χ3n) is 0. The van der Waals surface area contributed by atoms with Crippen molar-refractivity contribution in [3.63, 3.8) is 0 Å². The van der Waals surface area contributed by atoms with Gasteiger partial charge in [-0.05, 0) is 0 Å². The Labute approximate surface area is 71.9 Å². The van der Waals surface area contributed by atoms with E-state index >= 15 is 0 Å².